The SMILES string of the molecule is CC(N)(CO)c1nn[nH]n1.Cl. The van der Waals surface area contributed by atoms with E-state index in [0.29, 0.717) is 5.82 Å². The molecule has 0 saturated heterocycles. The standard InChI is InChI=1S/C4H9N5O.ClH/c1-4(5,2-10)3-6-8-9-7-3;/h10H,2,5H2,1H3,(H,6,7,8,9);1H. The van der Waals surface area contributed by atoms with E-state index in [9.17, 15) is 0 Å². The smallest absolute Gasteiger partial charge is 0.196 e. The number of hydrogen-bond donors (Lipinski definition) is 3. The molecular weight excluding hydrogens is 170 g/mol. The van der Waals surface area contributed by atoms with Gasteiger partial charge in [0.15, 0.2) is 5.82 Å². The van der Waals surface area contributed by atoms with Gasteiger partial charge in [-0.3, -0.25) is 0 Å². The number of halogens is 1. The highest BCUT2D eigenvalue weighted by molar-refractivity contribution is 5.85. The molecule has 1 unspecified atom stereocenters. The van der Waals surface area contributed by atoms with E-state index in [0.717, 1.165) is 0 Å². The average Bonchev–Trinajstić information content (AvgIpc) is 2.38. The maximum atomic E-state index is 8.72. The van der Waals surface area contributed by atoms with Crippen molar-refractivity contribution in [2.45, 2.75) is 12.5 Å². The molecule has 0 amide bonds. The van der Waals surface area contributed by atoms with E-state index in [2.05, 4.69) is 20.6 Å². The van der Waals surface area contributed by atoms with Crippen molar-refractivity contribution in [1.82, 2.24) is 20.6 Å². The number of tetrazole rings is 1. The summed E-state index contributed by atoms with van der Waals surface area (Å²) in [6.07, 6.45) is 0. The Bertz CT molecular complexity index is 198. The van der Waals surface area contributed by atoms with E-state index in [4.69, 9.17) is 10.8 Å². The molecule has 0 saturated carbocycles. The monoisotopic (exact) mass is 179 g/mol. The summed E-state index contributed by atoms with van der Waals surface area (Å²) in [5.41, 5.74) is 4.65. The lowest BCUT2D eigenvalue weighted by Crippen LogP contribution is -2.38. The highest BCUT2D eigenvalue weighted by Crippen LogP contribution is 2.08. The molecule has 11 heavy (non-hydrogen) atoms. The van der Waals surface area contributed by atoms with Crippen LogP contribution in [-0.2, 0) is 5.54 Å². The number of aromatic amines is 1. The average molecular weight is 180 g/mol. The molecule has 7 heteroatoms. The van der Waals surface area contributed by atoms with E-state index >= 15 is 0 Å². The number of aliphatic hydroxyl groups excluding tert-OH is 1. The predicted molar refractivity (Wildman–Crippen MR) is 40.1 cm³/mol. The van der Waals surface area contributed by atoms with Gasteiger partial charge in [-0.25, -0.2) is 0 Å². The number of nitrogens with one attached hydrogen (secondary N) is 1. The van der Waals surface area contributed by atoms with Crippen LogP contribution in [0.4, 0.5) is 0 Å². The van der Waals surface area contributed by atoms with Crippen molar-refractivity contribution in [3.8, 4) is 0 Å². The number of nitrogens with zero attached hydrogens (tertiary/aromatic N) is 3. The van der Waals surface area contributed by atoms with Crippen molar-refractivity contribution in [3.05, 3.63) is 5.82 Å². The topological polar surface area (TPSA) is 101 Å². The van der Waals surface area contributed by atoms with Gasteiger partial charge in [0.25, 0.3) is 0 Å². The van der Waals surface area contributed by atoms with Crippen LogP contribution in [0.15, 0.2) is 0 Å². The minimum absolute atomic E-state index is 0. The zero-order chi connectivity index (χ0) is 7.61. The Morgan fingerprint density at radius 1 is 1.73 bits per heavy atom. The van der Waals surface area contributed by atoms with Crippen LogP contribution in [0.5, 0.6) is 0 Å². The van der Waals surface area contributed by atoms with Crippen LogP contribution >= 0.6 is 12.4 Å². The first-order chi connectivity index (χ1) is 4.67. The van der Waals surface area contributed by atoms with Crippen LogP contribution in [0, 0.1) is 0 Å². The third-order valence-corrected chi connectivity index (χ3v) is 1.18. The molecule has 0 fully saturated rings. The molecule has 0 aliphatic carbocycles. The molecule has 0 aliphatic rings. The van der Waals surface area contributed by atoms with Crippen molar-refractivity contribution >= 4 is 12.4 Å². The molecule has 0 aliphatic heterocycles. The molecule has 0 aromatic carbocycles. The van der Waals surface area contributed by atoms with E-state index in [1.54, 1.807) is 6.92 Å². The normalized spacial score (nSPS) is 15.2. The lowest BCUT2D eigenvalue weighted by Gasteiger charge is -2.15. The van der Waals surface area contributed by atoms with Gasteiger partial charge in [-0.1, -0.05) is 5.21 Å². The molecule has 1 rings (SSSR count). The lowest BCUT2D eigenvalue weighted by molar-refractivity contribution is 0.203. The molecule has 0 bridgehead atoms. The fourth-order valence-corrected chi connectivity index (χ4v) is 0.474. The first kappa shape index (κ1) is 10.3. The molecule has 4 N–H and O–H groups in total. The second-order valence-electron chi connectivity index (χ2n) is 2.31. The van der Waals surface area contributed by atoms with Crippen molar-refractivity contribution in [3.63, 3.8) is 0 Å². The molecule has 1 aromatic heterocycles. The van der Waals surface area contributed by atoms with Crippen molar-refractivity contribution in [2.24, 2.45) is 5.73 Å². The largest absolute Gasteiger partial charge is 0.394 e. The molecule has 6 nitrogen and oxygen atoms in total. The van der Waals surface area contributed by atoms with Crippen LogP contribution < -0.4 is 5.73 Å². The van der Waals surface area contributed by atoms with E-state index in [1.807, 2.05) is 0 Å². The zero-order valence-corrected chi connectivity index (χ0v) is 6.80. The number of aliphatic hydroxyl groups is 1. The van der Waals surface area contributed by atoms with Crippen LogP contribution in [-0.4, -0.2) is 32.3 Å². The summed E-state index contributed by atoms with van der Waals surface area (Å²) in [5, 5.41) is 21.5. The van der Waals surface area contributed by atoms with Gasteiger partial charge in [0.1, 0.15) is 5.54 Å². The second kappa shape index (κ2) is 3.61. The third-order valence-electron chi connectivity index (χ3n) is 1.18. The van der Waals surface area contributed by atoms with Crippen molar-refractivity contribution in [2.75, 3.05) is 6.61 Å². The molecule has 1 aromatic rings. The number of hydrogen-bond acceptors (Lipinski definition) is 5. The first-order valence-electron chi connectivity index (χ1n) is 2.80. The maximum Gasteiger partial charge on any atom is 0.196 e. The van der Waals surface area contributed by atoms with Crippen LogP contribution in [0.1, 0.15) is 12.7 Å². The molecule has 1 heterocycles. The zero-order valence-electron chi connectivity index (χ0n) is 5.98. The Morgan fingerprint density at radius 3 is 2.73 bits per heavy atom. The van der Waals surface area contributed by atoms with Gasteiger partial charge in [0.05, 0.1) is 6.61 Å². The van der Waals surface area contributed by atoms with E-state index < -0.39 is 5.54 Å². The van der Waals surface area contributed by atoms with Crippen LogP contribution in [0.3, 0.4) is 0 Å². The number of H-pyrrole nitrogens is 1. The Hall–Kier alpha value is -0.720. The fraction of sp³-hybridized carbons (Fsp3) is 0.750. The Labute approximate surface area is 69.6 Å². The van der Waals surface area contributed by atoms with Crippen molar-refractivity contribution < 1.29 is 5.11 Å². The molecule has 0 spiro atoms. The minimum Gasteiger partial charge on any atom is -0.394 e. The highest BCUT2D eigenvalue weighted by atomic mass is 35.5. The summed E-state index contributed by atoms with van der Waals surface area (Å²) >= 11 is 0. The summed E-state index contributed by atoms with van der Waals surface area (Å²) in [6.45, 7) is 1.42. The maximum absolute atomic E-state index is 8.72. The fourth-order valence-electron chi connectivity index (χ4n) is 0.474. The Balaban J connectivity index is 0.000001000. The molecule has 0 radical (unpaired) electrons. The van der Waals surface area contributed by atoms with Crippen molar-refractivity contribution in [1.29, 1.82) is 0 Å². The summed E-state index contributed by atoms with van der Waals surface area (Å²) in [7, 11) is 0. The predicted octanol–water partition coefficient (Wildman–Crippen LogP) is -1.21. The second-order valence-corrected chi connectivity index (χ2v) is 2.31. The lowest BCUT2D eigenvalue weighted by atomic mass is 10.1. The number of aromatic nitrogens is 4. The van der Waals surface area contributed by atoms with Gasteiger partial charge in [-0.15, -0.1) is 22.6 Å². The van der Waals surface area contributed by atoms with Gasteiger partial charge in [0.2, 0.25) is 0 Å². The summed E-state index contributed by atoms with van der Waals surface area (Å²) < 4.78 is 0. The minimum atomic E-state index is -0.896. The number of rotatable bonds is 2. The van der Waals surface area contributed by atoms with Gasteiger partial charge in [-0.2, -0.15) is 5.21 Å². The first-order valence-corrected chi connectivity index (χ1v) is 2.80. The van der Waals surface area contributed by atoms with Crippen LogP contribution in [0.25, 0.3) is 0 Å². The van der Waals surface area contributed by atoms with Gasteiger partial charge in [0, 0.05) is 0 Å². The molecule has 64 valence electrons. The quantitative estimate of drug-likeness (QED) is 0.529. The van der Waals surface area contributed by atoms with E-state index in [1.165, 1.54) is 0 Å². The summed E-state index contributed by atoms with van der Waals surface area (Å²) in [5.74, 6) is 0.315. The third kappa shape index (κ3) is 2.11. The van der Waals surface area contributed by atoms with Crippen LogP contribution in [0.2, 0.25) is 0 Å². The van der Waals surface area contributed by atoms with Gasteiger partial charge >= 0.3 is 0 Å². The van der Waals surface area contributed by atoms with E-state index in [-0.39, 0.29) is 19.0 Å². The Morgan fingerprint density at radius 2 is 2.36 bits per heavy atom. The highest BCUT2D eigenvalue weighted by Gasteiger charge is 2.24. The number of nitrogens with two attached hydrogens (primary N) is 1. The summed E-state index contributed by atoms with van der Waals surface area (Å²) in [4.78, 5) is 0. The van der Waals surface area contributed by atoms with Gasteiger partial charge in [-0.05, 0) is 6.92 Å². The molecule has 1 atom stereocenters. The Kier molecular flexibility index (Phi) is 3.37. The molecular formula is C4H10ClN5O. The summed E-state index contributed by atoms with van der Waals surface area (Å²) in [6, 6.07) is 0. The van der Waals surface area contributed by atoms with Gasteiger partial charge < -0.3 is 10.8 Å².